The number of aromatic hydroxyl groups is 1. The summed E-state index contributed by atoms with van der Waals surface area (Å²) in [4.78, 5) is 31.2. The van der Waals surface area contributed by atoms with Gasteiger partial charge in [0.2, 0.25) is 5.88 Å². The molecule has 0 bridgehead atoms. The van der Waals surface area contributed by atoms with Crippen LogP contribution in [0.1, 0.15) is 23.8 Å². The van der Waals surface area contributed by atoms with E-state index < -0.39 is 18.0 Å². The zero-order valence-electron chi connectivity index (χ0n) is 13.2. The molecule has 3 rings (SSSR count). The van der Waals surface area contributed by atoms with Crippen molar-refractivity contribution in [3.05, 3.63) is 49.6 Å². The molecule has 0 spiro atoms. The van der Waals surface area contributed by atoms with E-state index in [2.05, 4.69) is 9.98 Å². The molecule has 1 aromatic carbocycles. The van der Waals surface area contributed by atoms with Crippen LogP contribution in [-0.2, 0) is 9.59 Å². The maximum atomic E-state index is 11.5. The number of para-hydroxylation sites is 2. The number of nitrogens with zero attached hydrogens (tertiary/aromatic N) is 3. The van der Waals surface area contributed by atoms with Crippen LogP contribution < -0.4 is 10.7 Å². The van der Waals surface area contributed by atoms with Gasteiger partial charge in [-0.2, -0.15) is 0 Å². The molecule has 8 nitrogen and oxygen atoms in total. The number of thiazole rings is 1. The van der Waals surface area contributed by atoms with E-state index in [0.29, 0.717) is 21.4 Å². The molecule has 26 heavy (non-hydrogen) atoms. The smallest absolute Gasteiger partial charge is 0.326 e. The summed E-state index contributed by atoms with van der Waals surface area (Å²) in [5, 5.41) is 30.0. The minimum atomic E-state index is -1.27. The number of hydrogen-bond acceptors (Lipinski definition) is 7. The van der Waals surface area contributed by atoms with Crippen molar-refractivity contribution in [2.45, 2.75) is 18.9 Å². The Balaban J connectivity index is 1.99. The summed E-state index contributed by atoms with van der Waals surface area (Å²) >= 11 is 6.17. The lowest BCUT2D eigenvalue weighted by Gasteiger charge is -2.14. The van der Waals surface area contributed by atoms with Crippen molar-refractivity contribution in [3.8, 4) is 5.88 Å². The molecule has 1 atom stereocenters. The molecule has 0 fully saturated rings. The molecule has 1 aliphatic heterocycles. The van der Waals surface area contributed by atoms with Crippen molar-refractivity contribution < 1.29 is 24.9 Å². The Kier molecular flexibility index (Phi) is 4.96. The van der Waals surface area contributed by atoms with Crippen LogP contribution >= 0.6 is 23.6 Å². The minimum absolute atomic E-state index is 0.127. The van der Waals surface area contributed by atoms with Crippen LogP contribution in [0, 0.1) is 3.95 Å². The molecule has 0 unspecified atom stereocenters. The van der Waals surface area contributed by atoms with E-state index in [1.54, 1.807) is 12.1 Å². The number of rotatable bonds is 6. The highest BCUT2D eigenvalue weighted by Crippen LogP contribution is 2.33. The number of hydrogen-bond donors (Lipinski definition) is 3. The van der Waals surface area contributed by atoms with Crippen LogP contribution in [0.4, 0.5) is 0 Å². The van der Waals surface area contributed by atoms with Gasteiger partial charge in [0.25, 0.3) is 0 Å². The lowest BCUT2D eigenvalue weighted by Crippen LogP contribution is -2.20. The predicted molar refractivity (Wildman–Crippen MR) is 95.1 cm³/mol. The third-order valence-electron chi connectivity index (χ3n) is 3.68. The topological polar surface area (TPSA) is 124 Å². The normalized spacial score (nSPS) is 13.5. The molecule has 1 aliphatic rings. The van der Waals surface area contributed by atoms with Gasteiger partial charge >= 0.3 is 11.9 Å². The lowest BCUT2D eigenvalue weighted by molar-refractivity contribution is -0.142. The second-order valence-corrected chi connectivity index (χ2v) is 7.10. The van der Waals surface area contributed by atoms with E-state index in [0.717, 1.165) is 15.9 Å². The molecular weight excluding hydrogens is 378 g/mol. The van der Waals surface area contributed by atoms with E-state index in [9.17, 15) is 19.8 Å². The Hall–Kier alpha value is -2.85. The molecule has 2 heterocycles. The SMILES string of the molecule is O=C(O)CC[C@H](C(=O)O)n1c(O)c(C=C2N=c3ccccc3=N2)sc1=S. The first-order chi connectivity index (χ1) is 12.4. The van der Waals surface area contributed by atoms with Crippen molar-refractivity contribution in [2.75, 3.05) is 0 Å². The van der Waals surface area contributed by atoms with Gasteiger partial charge in [-0.25, -0.2) is 14.8 Å². The van der Waals surface area contributed by atoms with Crippen molar-refractivity contribution in [2.24, 2.45) is 9.98 Å². The number of carboxylic acids is 2. The summed E-state index contributed by atoms with van der Waals surface area (Å²) in [5.74, 6) is -2.37. The highest BCUT2D eigenvalue weighted by Gasteiger charge is 2.26. The number of fused-ring (bicyclic) bond motifs is 1. The van der Waals surface area contributed by atoms with E-state index >= 15 is 0 Å². The lowest BCUT2D eigenvalue weighted by atomic mass is 10.1. The molecule has 10 heteroatoms. The van der Waals surface area contributed by atoms with Crippen LogP contribution in [-0.4, -0.2) is 31.8 Å². The fourth-order valence-corrected chi connectivity index (χ4v) is 3.83. The molecule has 0 saturated carbocycles. The Bertz CT molecular complexity index is 1060. The summed E-state index contributed by atoms with van der Waals surface area (Å²) in [7, 11) is 0. The maximum Gasteiger partial charge on any atom is 0.326 e. The number of aromatic nitrogens is 1. The Morgan fingerprint density at radius 1 is 1.23 bits per heavy atom. The molecule has 1 aromatic heterocycles. The monoisotopic (exact) mass is 391 g/mol. The highest BCUT2D eigenvalue weighted by molar-refractivity contribution is 7.73. The van der Waals surface area contributed by atoms with Gasteiger partial charge in [-0.1, -0.05) is 12.1 Å². The van der Waals surface area contributed by atoms with Gasteiger partial charge in [0.05, 0.1) is 15.6 Å². The third-order valence-corrected chi connectivity index (χ3v) is 5.02. The summed E-state index contributed by atoms with van der Waals surface area (Å²) in [6.07, 6.45) is 0.965. The summed E-state index contributed by atoms with van der Waals surface area (Å²) in [5.41, 5.74) is 0. The molecule has 0 radical (unpaired) electrons. The summed E-state index contributed by atoms with van der Waals surface area (Å²) < 4.78 is 1.18. The minimum Gasteiger partial charge on any atom is -0.493 e. The first-order valence-corrected chi connectivity index (χ1v) is 8.72. The number of benzene rings is 1. The second kappa shape index (κ2) is 7.18. The van der Waals surface area contributed by atoms with Gasteiger partial charge in [-0.3, -0.25) is 9.36 Å². The zero-order chi connectivity index (χ0) is 18.8. The standard InChI is InChI=1S/C16H13N3O5S2/c20-13(21)6-5-10(15(23)24)19-14(22)11(26-16(19)25)7-12-17-8-3-1-2-4-9(8)18-12/h1-4,7,10,22H,5-6H2,(H,20,21)(H,23,24)/t10-/m1/s1. The molecule has 0 amide bonds. The number of carbonyl (C=O) groups is 2. The highest BCUT2D eigenvalue weighted by atomic mass is 32.1. The van der Waals surface area contributed by atoms with Crippen LogP contribution in [0.15, 0.2) is 40.1 Å². The molecular formula is C16H13N3O5S2. The molecule has 3 N–H and O–H groups in total. The summed E-state index contributed by atoms with van der Waals surface area (Å²) in [6, 6.07) is 6.01. The van der Waals surface area contributed by atoms with Crippen molar-refractivity contribution >= 4 is 41.6 Å². The van der Waals surface area contributed by atoms with Gasteiger partial charge in [-0.05, 0) is 30.8 Å². The first-order valence-electron chi connectivity index (χ1n) is 7.50. The van der Waals surface area contributed by atoms with Crippen LogP contribution in [0.5, 0.6) is 5.88 Å². The Morgan fingerprint density at radius 2 is 1.85 bits per heavy atom. The molecule has 0 aliphatic carbocycles. The maximum absolute atomic E-state index is 11.5. The molecule has 2 aromatic rings. The van der Waals surface area contributed by atoms with E-state index in [-0.39, 0.29) is 22.7 Å². The fourth-order valence-electron chi connectivity index (χ4n) is 2.49. The van der Waals surface area contributed by atoms with E-state index in [1.165, 1.54) is 6.08 Å². The van der Waals surface area contributed by atoms with Gasteiger partial charge in [0.1, 0.15) is 6.04 Å². The van der Waals surface area contributed by atoms with Gasteiger partial charge in [0, 0.05) is 12.5 Å². The summed E-state index contributed by atoms with van der Waals surface area (Å²) in [6.45, 7) is 0. The van der Waals surface area contributed by atoms with Crippen molar-refractivity contribution in [1.29, 1.82) is 0 Å². The zero-order valence-corrected chi connectivity index (χ0v) is 14.8. The third kappa shape index (κ3) is 3.55. The Morgan fingerprint density at radius 3 is 2.38 bits per heavy atom. The molecule has 134 valence electrons. The van der Waals surface area contributed by atoms with Gasteiger partial charge in [-0.15, -0.1) is 11.3 Å². The number of aliphatic carboxylic acids is 2. The van der Waals surface area contributed by atoms with Gasteiger partial charge in [0.15, 0.2) is 9.78 Å². The van der Waals surface area contributed by atoms with E-state index in [1.807, 2.05) is 12.1 Å². The molecule has 0 saturated heterocycles. The quantitative estimate of drug-likeness (QED) is 0.644. The fraction of sp³-hybridized carbons (Fsp3) is 0.188. The Labute approximate surface area is 155 Å². The predicted octanol–water partition coefficient (Wildman–Crippen LogP) is 1.73. The van der Waals surface area contributed by atoms with Crippen LogP contribution in [0.2, 0.25) is 0 Å². The second-order valence-electron chi connectivity index (χ2n) is 5.43. The van der Waals surface area contributed by atoms with Gasteiger partial charge < -0.3 is 15.3 Å². The van der Waals surface area contributed by atoms with Crippen molar-refractivity contribution in [1.82, 2.24) is 4.57 Å². The first kappa shape index (κ1) is 18.0. The van der Waals surface area contributed by atoms with Crippen LogP contribution in [0.3, 0.4) is 0 Å². The van der Waals surface area contributed by atoms with Crippen LogP contribution in [0.25, 0.3) is 6.08 Å². The largest absolute Gasteiger partial charge is 0.493 e. The average Bonchev–Trinajstić information content (AvgIpc) is 3.09. The van der Waals surface area contributed by atoms with E-state index in [4.69, 9.17) is 17.3 Å². The average molecular weight is 391 g/mol. The van der Waals surface area contributed by atoms with Crippen molar-refractivity contribution in [3.63, 3.8) is 0 Å². The number of carboxylic acid groups (broad SMARTS) is 2.